The summed E-state index contributed by atoms with van der Waals surface area (Å²) in [6.45, 7) is 4.46. The molecule has 2 aliphatic heterocycles. The van der Waals surface area contributed by atoms with Crippen LogP contribution in [0.15, 0.2) is 84.9 Å². The Morgan fingerprint density at radius 1 is 0.857 bits per heavy atom. The lowest BCUT2D eigenvalue weighted by molar-refractivity contribution is 0.339. The van der Waals surface area contributed by atoms with Crippen LogP contribution in [0, 0.1) is 0 Å². The normalized spacial score (nSPS) is 18.1. The molecule has 2 nitrogen and oxygen atoms in total. The molecule has 2 aliphatic rings. The first-order valence-corrected chi connectivity index (χ1v) is 10.4. The van der Waals surface area contributed by atoms with Crippen molar-refractivity contribution in [2.24, 2.45) is 0 Å². The number of hydrogen-bond acceptors (Lipinski definition) is 2. The molecule has 5 rings (SSSR count). The van der Waals surface area contributed by atoms with Gasteiger partial charge in [-0.3, -0.25) is 0 Å². The van der Waals surface area contributed by atoms with Gasteiger partial charge in [-0.05, 0) is 48.1 Å². The van der Waals surface area contributed by atoms with Crippen LogP contribution in [0.1, 0.15) is 29.0 Å². The predicted molar refractivity (Wildman–Crippen MR) is 116 cm³/mol. The highest BCUT2D eigenvalue weighted by molar-refractivity contribution is 5.39. The van der Waals surface area contributed by atoms with Crippen LogP contribution in [-0.2, 0) is 12.8 Å². The minimum atomic E-state index is 0.717. The number of likely N-dealkylation sites (tertiary alicyclic amines) is 1. The third-order valence-electron chi connectivity index (χ3n) is 5.68. The summed E-state index contributed by atoms with van der Waals surface area (Å²) in [6.07, 6.45) is 3.51. The molecule has 0 aliphatic carbocycles. The van der Waals surface area contributed by atoms with Gasteiger partial charge >= 0.3 is 0 Å². The molecule has 144 valence electrons. The molecular weight excluding hydrogens is 342 g/mol. The Hall–Kier alpha value is -2.58. The standard InChI is InChI=1S/C20H23NO.C6H6/c1-2-4-17(5-3-1)19-9-12-21(15-19)11-8-16-6-7-20-18(14-16)10-13-22-20;1-2-4-6-5-3-1/h1-7,14,19H,8-13,15H2;1-6H. The van der Waals surface area contributed by atoms with Gasteiger partial charge in [0.25, 0.3) is 0 Å². The minimum absolute atomic E-state index is 0.717. The van der Waals surface area contributed by atoms with Crippen LogP contribution in [0.3, 0.4) is 0 Å². The molecule has 0 bridgehead atoms. The van der Waals surface area contributed by atoms with Crippen LogP contribution in [0.2, 0.25) is 0 Å². The average Bonchev–Trinajstić information content (AvgIpc) is 3.44. The molecule has 0 amide bonds. The first kappa shape index (κ1) is 18.8. The third-order valence-corrected chi connectivity index (χ3v) is 5.68. The maximum Gasteiger partial charge on any atom is 0.122 e. The number of ether oxygens (including phenoxy) is 1. The Morgan fingerprint density at radius 2 is 1.57 bits per heavy atom. The van der Waals surface area contributed by atoms with Crippen molar-refractivity contribution < 1.29 is 4.74 Å². The van der Waals surface area contributed by atoms with Crippen molar-refractivity contribution >= 4 is 0 Å². The molecule has 2 heterocycles. The molecule has 1 saturated heterocycles. The summed E-state index contributed by atoms with van der Waals surface area (Å²) >= 11 is 0. The van der Waals surface area contributed by atoms with E-state index in [0.717, 1.165) is 31.1 Å². The summed E-state index contributed by atoms with van der Waals surface area (Å²) in [5.74, 6) is 1.81. The highest BCUT2D eigenvalue weighted by atomic mass is 16.5. The highest BCUT2D eigenvalue weighted by Crippen LogP contribution is 2.28. The summed E-state index contributed by atoms with van der Waals surface area (Å²) in [7, 11) is 0. The zero-order chi connectivity index (χ0) is 19.0. The van der Waals surface area contributed by atoms with Crippen LogP contribution >= 0.6 is 0 Å². The van der Waals surface area contributed by atoms with Crippen molar-refractivity contribution in [3.05, 3.63) is 102 Å². The van der Waals surface area contributed by atoms with E-state index in [1.165, 1.54) is 42.7 Å². The van der Waals surface area contributed by atoms with Crippen molar-refractivity contribution in [2.45, 2.75) is 25.2 Å². The fraction of sp³-hybridized carbons (Fsp3) is 0.308. The third kappa shape index (κ3) is 5.02. The smallest absolute Gasteiger partial charge is 0.122 e. The molecule has 28 heavy (non-hydrogen) atoms. The van der Waals surface area contributed by atoms with Gasteiger partial charge < -0.3 is 9.64 Å². The number of hydrogen-bond donors (Lipinski definition) is 0. The topological polar surface area (TPSA) is 12.5 Å². The molecule has 0 N–H and O–H groups in total. The van der Waals surface area contributed by atoms with Crippen LogP contribution in [0.25, 0.3) is 0 Å². The van der Waals surface area contributed by atoms with E-state index >= 15 is 0 Å². The molecule has 0 aromatic heterocycles. The van der Waals surface area contributed by atoms with E-state index in [1.54, 1.807) is 0 Å². The fourth-order valence-corrected chi connectivity index (χ4v) is 4.10. The van der Waals surface area contributed by atoms with Gasteiger partial charge in [-0.2, -0.15) is 0 Å². The maximum atomic E-state index is 5.58. The second kappa shape index (κ2) is 9.57. The fourth-order valence-electron chi connectivity index (χ4n) is 4.10. The number of fused-ring (bicyclic) bond motifs is 1. The van der Waals surface area contributed by atoms with E-state index in [0.29, 0.717) is 0 Å². The summed E-state index contributed by atoms with van der Waals surface area (Å²) in [5, 5.41) is 0. The van der Waals surface area contributed by atoms with Crippen LogP contribution in [0.5, 0.6) is 5.75 Å². The molecule has 0 spiro atoms. The summed E-state index contributed by atoms with van der Waals surface area (Å²) in [5.41, 5.74) is 4.34. The lowest BCUT2D eigenvalue weighted by Crippen LogP contribution is -2.23. The monoisotopic (exact) mass is 371 g/mol. The first-order valence-electron chi connectivity index (χ1n) is 10.4. The largest absolute Gasteiger partial charge is 0.493 e. The van der Waals surface area contributed by atoms with Gasteiger partial charge in [-0.15, -0.1) is 0 Å². The summed E-state index contributed by atoms with van der Waals surface area (Å²) < 4.78 is 5.58. The van der Waals surface area contributed by atoms with Gasteiger partial charge in [0.05, 0.1) is 6.61 Å². The molecule has 2 heteroatoms. The number of nitrogens with zero attached hydrogens (tertiary/aromatic N) is 1. The molecule has 1 fully saturated rings. The van der Waals surface area contributed by atoms with Crippen molar-refractivity contribution in [3.8, 4) is 5.75 Å². The van der Waals surface area contributed by atoms with E-state index in [4.69, 9.17) is 4.74 Å². The summed E-state index contributed by atoms with van der Waals surface area (Å²) in [6, 6.07) is 29.7. The van der Waals surface area contributed by atoms with Crippen molar-refractivity contribution in [3.63, 3.8) is 0 Å². The maximum absolute atomic E-state index is 5.58. The average molecular weight is 372 g/mol. The second-order valence-corrected chi connectivity index (χ2v) is 7.64. The molecular formula is C26H29NO. The number of benzene rings is 3. The zero-order valence-electron chi connectivity index (χ0n) is 16.5. The van der Waals surface area contributed by atoms with Crippen LogP contribution < -0.4 is 4.74 Å². The quantitative estimate of drug-likeness (QED) is 0.614. The van der Waals surface area contributed by atoms with E-state index < -0.39 is 0 Å². The highest BCUT2D eigenvalue weighted by Gasteiger charge is 2.23. The van der Waals surface area contributed by atoms with E-state index in [9.17, 15) is 0 Å². The van der Waals surface area contributed by atoms with Gasteiger partial charge in [-0.25, -0.2) is 0 Å². The van der Waals surface area contributed by atoms with Crippen molar-refractivity contribution in [1.29, 1.82) is 0 Å². The molecule has 3 aromatic carbocycles. The van der Waals surface area contributed by atoms with Gasteiger partial charge in [0.1, 0.15) is 5.75 Å². The Bertz CT molecular complexity index is 820. The molecule has 3 aromatic rings. The number of rotatable bonds is 4. The lowest BCUT2D eigenvalue weighted by Gasteiger charge is -2.16. The van der Waals surface area contributed by atoms with Crippen molar-refractivity contribution in [1.82, 2.24) is 4.90 Å². The Balaban J connectivity index is 0.000000275. The molecule has 1 unspecified atom stereocenters. The van der Waals surface area contributed by atoms with E-state index in [2.05, 4.69) is 53.4 Å². The SMILES string of the molecule is c1ccc(C2CCN(CCc3ccc4c(c3)CCO4)C2)cc1.c1ccccc1. The van der Waals surface area contributed by atoms with E-state index in [-0.39, 0.29) is 0 Å². The van der Waals surface area contributed by atoms with Gasteiger partial charge in [-0.1, -0.05) is 78.9 Å². The molecule has 1 atom stereocenters. The van der Waals surface area contributed by atoms with Gasteiger partial charge in [0.15, 0.2) is 0 Å². The Morgan fingerprint density at radius 3 is 2.32 bits per heavy atom. The lowest BCUT2D eigenvalue weighted by atomic mass is 9.99. The van der Waals surface area contributed by atoms with Crippen molar-refractivity contribution in [2.75, 3.05) is 26.2 Å². The summed E-state index contributed by atoms with van der Waals surface area (Å²) in [4.78, 5) is 2.61. The van der Waals surface area contributed by atoms with Crippen LogP contribution in [0.4, 0.5) is 0 Å². The molecule has 0 saturated carbocycles. The van der Waals surface area contributed by atoms with E-state index in [1.807, 2.05) is 36.4 Å². The molecule has 0 radical (unpaired) electrons. The van der Waals surface area contributed by atoms with Gasteiger partial charge in [0, 0.05) is 19.5 Å². The first-order chi connectivity index (χ1) is 13.9. The predicted octanol–water partition coefficient (Wildman–Crippen LogP) is 5.34. The Kier molecular flexibility index (Phi) is 6.41. The zero-order valence-corrected chi connectivity index (χ0v) is 16.5. The minimum Gasteiger partial charge on any atom is -0.493 e. The second-order valence-electron chi connectivity index (χ2n) is 7.64. The Labute approximate surface area is 168 Å². The van der Waals surface area contributed by atoms with Crippen LogP contribution in [-0.4, -0.2) is 31.1 Å². The van der Waals surface area contributed by atoms with Gasteiger partial charge in [0.2, 0.25) is 0 Å².